The van der Waals surface area contributed by atoms with Crippen LogP contribution in [0.15, 0.2) is 0 Å². The fraction of sp³-hybridized carbons (Fsp3) is 1.00. The average Bonchev–Trinajstić information content (AvgIpc) is 2.39. The Hall–Kier alpha value is -0.0800. The molecule has 1 rings (SSSR count). The maximum absolute atomic E-state index is 5.60. The van der Waals surface area contributed by atoms with Crippen molar-refractivity contribution in [1.29, 1.82) is 0 Å². The second-order valence-corrected chi connectivity index (χ2v) is 6.12. The van der Waals surface area contributed by atoms with E-state index in [0.717, 1.165) is 19.1 Å². The minimum atomic E-state index is 0.236. The number of hydrogen-bond acceptors (Lipinski definition) is 2. The highest BCUT2D eigenvalue weighted by molar-refractivity contribution is 4.92. The summed E-state index contributed by atoms with van der Waals surface area (Å²) in [5, 5.41) is 0. The van der Waals surface area contributed by atoms with Crippen LogP contribution >= 0.6 is 0 Å². The highest BCUT2D eigenvalue weighted by Gasteiger charge is 2.43. The molecule has 18 heavy (non-hydrogen) atoms. The maximum atomic E-state index is 5.60. The molecule has 2 nitrogen and oxygen atoms in total. The predicted octanol–water partition coefficient (Wildman–Crippen LogP) is 4.28. The van der Waals surface area contributed by atoms with Gasteiger partial charge in [-0.05, 0) is 24.7 Å². The van der Waals surface area contributed by atoms with E-state index in [9.17, 15) is 0 Å². The van der Waals surface area contributed by atoms with Gasteiger partial charge in [-0.3, -0.25) is 0 Å². The Bertz CT molecular complexity index is 203. The minimum Gasteiger partial charge on any atom is -0.384 e. The molecule has 0 aromatic rings. The third-order valence-corrected chi connectivity index (χ3v) is 4.95. The first kappa shape index (κ1) is 16.0. The summed E-state index contributed by atoms with van der Waals surface area (Å²) < 4.78 is 11.2. The van der Waals surface area contributed by atoms with Crippen LogP contribution in [0.1, 0.15) is 58.8 Å². The zero-order chi connectivity index (χ0) is 13.4. The summed E-state index contributed by atoms with van der Waals surface area (Å²) in [7, 11) is 3.68. The highest BCUT2D eigenvalue weighted by atomic mass is 16.5. The smallest absolute Gasteiger partial charge is 0.0545 e. The number of ether oxygens (including phenoxy) is 2. The van der Waals surface area contributed by atoms with Crippen molar-refractivity contribution in [2.24, 2.45) is 17.3 Å². The van der Waals surface area contributed by atoms with Gasteiger partial charge in [-0.25, -0.2) is 0 Å². The first-order valence-electron chi connectivity index (χ1n) is 7.69. The van der Waals surface area contributed by atoms with Gasteiger partial charge < -0.3 is 9.47 Å². The third kappa shape index (κ3) is 3.71. The fourth-order valence-corrected chi connectivity index (χ4v) is 3.90. The lowest BCUT2D eigenvalue weighted by Gasteiger charge is -2.46. The van der Waals surface area contributed by atoms with Gasteiger partial charge in [-0.1, -0.05) is 46.0 Å². The van der Waals surface area contributed by atoms with Crippen molar-refractivity contribution in [3.05, 3.63) is 0 Å². The van der Waals surface area contributed by atoms with Gasteiger partial charge in [0.1, 0.15) is 0 Å². The molecule has 1 aliphatic carbocycles. The van der Waals surface area contributed by atoms with Crippen LogP contribution in [-0.2, 0) is 9.47 Å². The second kappa shape index (κ2) is 8.16. The topological polar surface area (TPSA) is 18.5 Å². The van der Waals surface area contributed by atoms with E-state index in [2.05, 4.69) is 13.8 Å². The van der Waals surface area contributed by atoms with Gasteiger partial charge in [0.05, 0.1) is 13.2 Å². The van der Waals surface area contributed by atoms with Crippen molar-refractivity contribution in [2.75, 3.05) is 27.4 Å². The van der Waals surface area contributed by atoms with Crippen LogP contribution in [-0.4, -0.2) is 27.4 Å². The van der Waals surface area contributed by atoms with Crippen LogP contribution in [0.2, 0.25) is 0 Å². The Balaban J connectivity index is 2.86. The van der Waals surface area contributed by atoms with E-state index in [1.807, 2.05) is 14.2 Å². The Kier molecular flexibility index (Phi) is 7.25. The summed E-state index contributed by atoms with van der Waals surface area (Å²) in [6.07, 6.45) is 9.44. The minimum absolute atomic E-state index is 0.236. The van der Waals surface area contributed by atoms with Gasteiger partial charge in [0.2, 0.25) is 0 Å². The Labute approximate surface area is 113 Å². The summed E-state index contributed by atoms with van der Waals surface area (Å²) in [5.74, 6) is 1.47. The molecule has 1 unspecified atom stereocenters. The molecule has 1 aliphatic rings. The molecule has 0 aromatic heterocycles. The fourth-order valence-electron chi connectivity index (χ4n) is 3.90. The van der Waals surface area contributed by atoms with Crippen LogP contribution in [0.3, 0.4) is 0 Å². The molecule has 0 bridgehead atoms. The van der Waals surface area contributed by atoms with Gasteiger partial charge in [0.15, 0.2) is 0 Å². The van der Waals surface area contributed by atoms with Gasteiger partial charge >= 0.3 is 0 Å². The first-order valence-corrected chi connectivity index (χ1v) is 7.69. The molecule has 0 aromatic carbocycles. The molecule has 2 heteroatoms. The third-order valence-electron chi connectivity index (χ3n) is 4.95. The number of rotatable bonds is 8. The van der Waals surface area contributed by atoms with Crippen molar-refractivity contribution in [1.82, 2.24) is 0 Å². The normalized spacial score (nSPS) is 20.0. The monoisotopic (exact) mass is 256 g/mol. The molecule has 1 saturated carbocycles. The van der Waals surface area contributed by atoms with Gasteiger partial charge in [0, 0.05) is 19.6 Å². The summed E-state index contributed by atoms with van der Waals surface area (Å²) in [4.78, 5) is 0. The molecule has 0 heterocycles. The zero-order valence-electron chi connectivity index (χ0n) is 12.8. The Morgan fingerprint density at radius 3 is 2.06 bits per heavy atom. The summed E-state index contributed by atoms with van der Waals surface area (Å²) in [5.41, 5.74) is 0.236. The van der Waals surface area contributed by atoms with Crippen LogP contribution < -0.4 is 0 Å². The van der Waals surface area contributed by atoms with Crippen molar-refractivity contribution in [2.45, 2.75) is 58.8 Å². The largest absolute Gasteiger partial charge is 0.384 e. The lowest BCUT2D eigenvalue weighted by Crippen LogP contribution is -2.45. The van der Waals surface area contributed by atoms with E-state index in [1.54, 1.807) is 0 Å². The van der Waals surface area contributed by atoms with Crippen LogP contribution in [0.5, 0.6) is 0 Å². The van der Waals surface area contributed by atoms with Crippen molar-refractivity contribution >= 4 is 0 Å². The van der Waals surface area contributed by atoms with Gasteiger partial charge in [-0.15, -0.1) is 0 Å². The first-order chi connectivity index (χ1) is 8.71. The van der Waals surface area contributed by atoms with Crippen molar-refractivity contribution < 1.29 is 9.47 Å². The molecule has 0 saturated heterocycles. The molecule has 1 atom stereocenters. The van der Waals surface area contributed by atoms with Gasteiger partial charge in [-0.2, -0.15) is 0 Å². The Morgan fingerprint density at radius 1 is 1.06 bits per heavy atom. The lowest BCUT2D eigenvalue weighted by molar-refractivity contribution is -0.0774. The predicted molar refractivity (Wildman–Crippen MR) is 76.8 cm³/mol. The molecule has 0 amide bonds. The SMILES string of the molecule is CCCC(C)C(COC)(COC)C1CCCCC1. The summed E-state index contributed by atoms with van der Waals surface area (Å²) in [6, 6.07) is 0. The van der Waals surface area contributed by atoms with E-state index < -0.39 is 0 Å². The standard InChI is InChI=1S/C16H32O2/c1-5-9-14(2)16(12-17-3,13-18-4)15-10-7-6-8-11-15/h14-15H,5-13H2,1-4H3. The summed E-state index contributed by atoms with van der Waals surface area (Å²) >= 11 is 0. The molecular weight excluding hydrogens is 224 g/mol. The quantitative estimate of drug-likeness (QED) is 0.645. The van der Waals surface area contributed by atoms with E-state index >= 15 is 0 Å². The number of methoxy groups -OCH3 is 2. The molecule has 0 N–H and O–H groups in total. The van der Waals surface area contributed by atoms with E-state index in [0.29, 0.717) is 5.92 Å². The van der Waals surface area contributed by atoms with Crippen molar-refractivity contribution in [3.8, 4) is 0 Å². The van der Waals surface area contributed by atoms with E-state index in [1.165, 1.54) is 44.9 Å². The lowest BCUT2D eigenvalue weighted by atomic mass is 9.62. The number of hydrogen-bond donors (Lipinski definition) is 0. The molecule has 1 fully saturated rings. The molecule has 108 valence electrons. The molecule has 0 radical (unpaired) electrons. The average molecular weight is 256 g/mol. The zero-order valence-corrected chi connectivity index (χ0v) is 12.8. The highest BCUT2D eigenvalue weighted by Crippen LogP contribution is 2.45. The summed E-state index contributed by atoms with van der Waals surface area (Å²) in [6.45, 7) is 6.39. The molecule has 0 aliphatic heterocycles. The van der Waals surface area contributed by atoms with Crippen LogP contribution in [0.4, 0.5) is 0 Å². The second-order valence-electron chi connectivity index (χ2n) is 6.12. The van der Waals surface area contributed by atoms with Crippen molar-refractivity contribution in [3.63, 3.8) is 0 Å². The van der Waals surface area contributed by atoms with Gasteiger partial charge in [0.25, 0.3) is 0 Å². The van der Waals surface area contributed by atoms with E-state index in [4.69, 9.17) is 9.47 Å². The van der Waals surface area contributed by atoms with E-state index in [-0.39, 0.29) is 5.41 Å². The van der Waals surface area contributed by atoms with Crippen LogP contribution in [0, 0.1) is 17.3 Å². The van der Waals surface area contributed by atoms with Crippen LogP contribution in [0.25, 0.3) is 0 Å². The molecule has 0 spiro atoms. The maximum Gasteiger partial charge on any atom is 0.0545 e. The Morgan fingerprint density at radius 2 is 1.61 bits per heavy atom. The molecular formula is C16H32O2.